The van der Waals surface area contributed by atoms with E-state index in [4.69, 9.17) is 5.11 Å². The molecule has 88 valence electrons. The van der Waals surface area contributed by atoms with E-state index in [9.17, 15) is 4.79 Å². The molecule has 0 aliphatic rings. The highest BCUT2D eigenvalue weighted by Gasteiger charge is 2.03. The van der Waals surface area contributed by atoms with E-state index in [0.717, 1.165) is 18.4 Å². The molecule has 0 spiro atoms. The zero-order valence-corrected chi connectivity index (χ0v) is 9.91. The number of ketones is 1. The van der Waals surface area contributed by atoms with Gasteiger partial charge < -0.3 is 5.11 Å². The van der Waals surface area contributed by atoms with Crippen LogP contribution >= 0.6 is 0 Å². The van der Waals surface area contributed by atoms with Crippen molar-refractivity contribution in [2.24, 2.45) is 0 Å². The lowest BCUT2D eigenvalue weighted by Gasteiger charge is -2.01. The van der Waals surface area contributed by atoms with Crippen LogP contribution in [0.25, 0.3) is 0 Å². The molecule has 0 bridgehead atoms. The molecule has 2 nitrogen and oxygen atoms in total. The number of phenolic OH excluding ortho intramolecular Hbond substituents is 1. The Morgan fingerprint density at radius 3 is 2.44 bits per heavy atom. The molecule has 1 N–H and O–H groups in total. The minimum absolute atomic E-state index is 0.249. The van der Waals surface area contributed by atoms with Crippen molar-refractivity contribution >= 4 is 5.78 Å². The molecule has 0 aliphatic heterocycles. The van der Waals surface area contributed by atoms with Gasteiger partial charge in [-0.1, -0.05) is 38.3 Å². The number of benzene rings is 1. The SMILES string of the molecule is CCCCCCC(=O)Cc1ccc(O)cc1. The van der Waals surface area contributed by atoms with E-state index in [0.29, 0.717) is 18.6 Å². The van der Waals surface area contributed by atoms with Crippen molar-refractivity contribution < 1.29 is 9.90 Å². The van der Waals surface area contributed by atoms with Crippen LogP contribution in [0.15, 0.2) is 24.3 Å². The first-order chi connectivity index (χ1) is 7.72. The van der Waals surface area contributed by atoms with Gasteiger partial charge in [-0.25, -0.2) is 0 Å². The van der Waals surface area contributed by atoms with Crippen LogP contribution in [0.2, 0.25) is 0 Å². The number of Topliss-reactive ketones (excluding diaryl/α,β-unsaturated/α-hetero) is 1. The van der Waals surface area contributed by atoms with Crippen LogP contribution in [0.1, 0.15) is 44.6 Å². The van der Waals surface area contributed by atoms with Crippen LogP contribution < -0.4 is 0 Å². The summed E-state index contributed by atoms with van der Waals surface area (Å²) in [5.74, 6) is 0.543. The van der Waals surface area contributed by atoms with Gasteiger partial charge in [0.1, 0.15) is 11.5 Å². The van der Waals surface area contributed by atoms with Gasteiger partial charge in [-0.2, -0.15) is 0 Å². The number of phenols is 1. The summed E-state index contributed by atoms with van der Waals surface area (Å²) in [6.45, 7) is 2.16. The molecule has 2 heteroatoms. The summed E-state index contributed by atoms with van der Waals surface area (Å²) in [6.07, 6.45) is 5.74. The van der Waals surface area contributed by atoms with Gasteiger partial charge in [0, 0.05) is 12.8 Å². The van der Waals surface area contributed by atoms with Gasteiger partial charge >= 0.3 is 0 Å². The third-order valence-corrected chi connectivity index (χ3v) is 2.65. The highest BCUT2D eigenvalue weighted by molar-refractivity contribution is 5.80. The lowest BCUT2D eigenvalue weighted by molar-refractivity contribution is -0.118. The number of carbonyl (C=O) groups is 1. The summed E-state index contributed by atoms with van der Waals surface area (Å²) in [5.41, 5.74) is 0.985. The van der Waals surface area contributed by atoms with Gasteiger partial charge in [-0.3, -0.25) is 4.79 Å². The largest absolute Gasteiger partial charge is 0.508 e. The summed E-state index contributed by atoms with van der Waals surface area (Å²) in [6, 6.07) is 6.86. The lowest BCUT2D eigenvalue weighted by Crippen LogP contribution is -2.02. The van der Waals surface area contributed by atoms with Crippen molar-refractivity contribution in [2.75, 3.05) is 0 Å². The van der Waals surface area contributed by atoms with E-state index in [1.165, 1.54) is 12.8 Å². The molecule has 0 amide bonds. The summed E-state index contributed by atoms with van der Waals surface area (Å²) < 4.78 is 0. The van der Waals surface area contributed by atoms with Crippen molar-refractivity contribution in [1.29, 1.82) is 0 Å². The molecule has 0 aliphatic carbocycles. The molecule has 1 aromatic carbocycles. The molecule has 0 atom stereocenters. The van der Waals surface area contributed by atoms with E-state index in [-0.39, 0.29) is 5.75 Å². The Morgan fingerprint density at radius 1 is 1.12 bits per heavy atom. The van der Waals surface area contributed by atoms with E-state index >= 15 is 0 Å². The van der Waals surface area contributed by atoms with Crippen LogP contribution in [0.4, 0.5) is 0 Å². The van der Waals surface area contributed by atoms with Crippen molar-refractivity contribution in [2.45, 2.75) is 45.4 Å². The molecule has 0 aromatic heterocycles. The Bertz CT molecular complexity index is 314. The number of aromatic hydroxyl groups is 1. The normalized spacial score (nSPS) is 10.3. The van der Waals surface area contributed by atoms with Gasteiger partial charge in [0.2, 0.25) is 0 Å². The average Bonchev–Trinajstić information content (AvgIpc) is 2.28. The standard InChI is InChI=1S/C14H20O2/c1-2-3-4-5-6-14(16)11-12-7-9-13(15)10-8-12/h7-10,15H,2-6,11H2,1H3. The molecule has 0 unspecified atom stereocenters. The Balaban J connectivity index is 2.26. The molecule has 0 saturated heterocycles. The maximum absolute atomic E-state index is 11.6. The van der Waals surface area contributed by atoms with Crippen LogP contribution in [0.3, 0.4) is 0 Å². The zero-order chi connectivity index (χ0) is 11.8. The van der Waals surface area contributed by atoms with Gasteiger partial charge in [-0.15, -0.1) is 0 Å². The predicted molar refractivity (Wildman–Crippen MR) is 65.6 cm³/mol. The number of carbonyl (C=O) groups excluding carboxylic acids is 1. The zero-order valence-electron chi connectivity index (χ0n) is 9.91. The maximum Gasteiger partial charge on any atom is 0.137 e. The molecule has 0 fully saturated rings. The van der Waals surface area contributed by atoms with Gasteiger partial charge in [0.15, 0.2) is 0 Å². The van der Waals surface area contributed by atoms with Crippen molar-refractivity contribution in [1.82, 2.24) is 0 Å². The van der Waals surface area contributed by atoms with E-state index in [2.05, 4.69) is 6.92 Å². The highest BCUT2D eigenvalue weighted by Crippen LogP contribution is 2.12. The quantitative estimate of drug-likeness (QED) is 0.714. The molecule has 1 rings (SSSR count). The second-order valence-corrected chi connectivity index (χ2v) is 4.19. The Morgan fingerprint density at radius 2 is 1.81 bits per heavy atom. The predicted octanol–water partition coefficient (Wildman–Crippen LogP) is 3.47. The molecule has 16 heavy (non-hydrogen) atoms. The highest BCUT2D eigenvalue weighted by atomic mass is 16.3. The van der Waals surface area contributed by atoms with Crippen LogP contribution in [-0.2, 0) is 11.2 Å². The van der Waals surface area contributed by atoms with Gasteiger partial charge in [0.25, 0.3) is 0 Å². The molecular weight excluding hydrogens is 200 g/mol. The fraction of sp³-hybridized carbons (Fsp3) is 0.500. The first-order valence-electron chi connectivity index (χ1n) is 6.02. The fourth-order valence-electron chi connectivity index (χ4n) is 1.68. The smallest absolute Gasteiger partial charge is 0.137 e. The summed E-state index contributed by atoms with van der Waals surface area (Å²) in [4.78, 5) is 11.6. The second-order valence-electron chi connectivity index (χ2n) is 4.19. The first-order valence-corrected chi connectivity index (χ1v) is 6.02. The van der Waals surface area contributed by atoms with Crippen molar-refractivity contribution in [3.05, 3.63) is 29.8 Å². The van der Waals surface area contributed by atoms with Crippen molar-refractivity contribution in [3.8, 4) is 5.75 Å². The minimum atomic E-state index is 0.249. The Kier molecular flexibility index (Phi) is 5.62. The first kappa shape index (κ1) is 12.8. The molecular formula is C14H20O2. The third-order valence-electron chi connectivity index (χ3n) is 2.65. The Labute approximate surface area is 97.3 Å². The number of hydrogen-bond acceptors (Lipinski definition) is 2. The van der Waals surface area contributed by atoms with Gasteiger partial charge in [0.05, 0.1) is 0 Å². The number of rotatable bonds is 7. The van der Waals surface area contributed by atoms with E-state index in [1.807, 2.05) is 0 Å². The van der Waals surface area contributed by atoms with E-state index < -0.39 is 0 Å². The lowest BCUT2D eigenvalue weighted by atomic mass is 10.0. The average molecular weight is 220 g/mol. The maximum atomic E-state index is 11.6. The second kappa shape index (κ2) is 7.04. The molecule has 1 aromatic rings. The van der Waals surface area contributed by atoms with Gasteiger partial charge in [-0.05, 0) is 24.1 Å². The van der Waals surface area contributed by atoms with Crippen LogP contribution in [0.5, 0.6) is 5.75 Å². The monoisotopic (exact) mass is 220 g/mol. The molecule has 0 heterocycles. The van der Waals surface area contributed by atoms with Crippen molar-refractivity contribution in [3.63, 3.8) is 0 Å². The van der Waals surface area contributed by atoms with Crippen LogP contribution in [0, 0.1) is 0 Å². The molecule has 0 radical (unpaired) electrons. The summed E-state index contributed by atoms with van der Waals surface area (Å²) >= 11 is 0. The number of unbranched alkanes of at least 4 members (excludes halogenated alkanes) is 3. The van der Waals surface area contributed by atoms with Crippen LogP contribution in [-0.4, -0.2) is 10.9 Å². The third kappa shape index (κ3) is 4.96. The van der Waals surface area contributed by atoms with E-state index in [1.54, 1.807) is 24.3 Å². The fourth-order valence-corrected chi connectivity index (χ4v) is 1.68. The summed E-state index contributed by atoms with van der Waals surface area (Å²) in [7, 11) is 0. The number of hydrogen-bond donors (Lipinski definition) is 1. The summed E-state index contributed by atoms with van der Waals surface area (Å²) in [5, 5.41) is 9.11. The topological polar surface area (TPSA) is 37.3 Å². The molecule has 0 saturated carbocycles. The Hall–Kier alpha value is -1.31. The minimum Gasteiger partial charge on any atom is -0.508 e.